The Morgan fingerprint density at radius 1 is 1.30 bits per heavy atom. The van der Waals surface area contributed by atoms with E-state index in [1.807, 2.05) is 36.6 Å². The standard InChI is InChI=1S/C16H20ClNOS/c1-4-13-6-8-16(20-13)14(18-2)10-11-9-12(17)5-7-15(11)19-3/h5-9,14,18H,4,10H2,1-3H3. The molecule has 1 N–H and O–H groups in total. The first-order valence-electron chi connectivity index (χ1n) is 6.76. The molecule has 0 aliphatic heterocycles. The van der Waals surface area contributed by atoms with Gasteiger partial charge in [-0.15, -0.1) is 11.3 Å². The molecule has 0 aliphatic rings. The lowest BCUT2D eigenvalue weighted by atomic mass is 10.0. The molecule has 0 saturated heterocycles. The Bertz CT molecular complexity index is 567. The van der Waals surface area contributed by atoms with Gasteiger partial charge < -0.3 is 10.1 Å². The number of aryl methyl sites for hydroxylation is 1. The van der Waals surface area contributed by atoms with Crippen molar-refractivity contribution in [1.82, 2.24) is 5.32 Å². The highest BCUT2D eigenvalue weighted by Crippen LogP contribution is 2.30. The third kappa shape index (κ3) is 3.54. The lowest BCUT2D eigenvalue weighted by Crippen LogP contribution is -2.18. The van der Waals surface area contributed by atoms with Crippen LogP contribution in [0.25, 0.3) is 0 Å². The van der Waals surface area contributed by atoms with Gasteiger partial charge in [0, 0.05) is 20.8 Å². The van der Waals surface area contributed by atoms with Crippen LogP contribution in [-0.4, -0.2) is 14.2 Å². The number of hydrogen-bond acceptors (Lipinski definition) is 3. The molecule has 0 spiro atoms. The molecule has 20 heavy (non-hydrogen) atoms. The predicted octanol–water partition coefficient (Wildman–Crippen LogP) is 4.48. The maximum absolute atomic E-state index is 6.10. The second kappa shape index (κ2) is 7.11. The highest BCUT2D eigenvalue weighted by molar-refractivity contribution is 7.12. The molecule has 1 aromatic heterocycles. The van der Waals surface area contributed by atoms with Crippen molar-refractivity contribution in [2.24, 2.45) is 0 Å². The Morgan fingerprint density at radius 2 is 2.10 bits per heavy atom. The van der Waals surface area contributed by atoms with Gasteiger partial charge in [-0.1, -0.05) is 18.5 Å². The summed E-state index contributed by atoms with van der Waals surface area (Å²) in [6, 6.07) is 10.5. The number of likely N-dealkylation sites (N-methyl/N-ethyl adjacent to an activating group) is 1. The van der Waals surface area contributed by atoms with E-state index in [0.29, 0.717) is 0 Å². The topological polar surface area (TPSA) is 21.3 Å². The number of rotatable bonds is 6. The van der Waals surface area contributed by atoms with E-state index in [2.05, 4.69) is 24.4 Å². The highest BCUT2D eigenvalue weighted by Gasteiger charge is 2.15. The first-order valence-corrected chi connectivity index (χ1v) is 7.95. The van der Waals surface area contributed by atoms with E-state index in [-0.39, 0.29) is 6.04 Å². The summed E-state index contributed by atoms with van der Waals surface area (Å²) >= 11 is 7.97. The summed E-state index contributed by atoms with van der Waals surface area (Å²) in [6.45, 7) is 2.18. The monoisotopic (exact) mass is 309 g/mol. The molecule has 0 saturated carbocycles. The molecule has 0 amide bonds. The van der Waals surface area contributed by atoms with Crippen LogP contribution < -0.4 is 10.1 Å². The largest absolute Gasteiger partial charge is 0.496 e. The molecule has 1 atom stereocenters. The van der Waals surface area contributed by atoms with E-state index in [9.17, 15) is 0 Å². The second-order valence-corrected chi connectivity index (χ2v) is 6.30. The van der Waals surface area contributed by atoms with Crippen LogP contribution in [0.2, 0.25) is 5.02 Å². The minimum absolute atomic E-state index is 0.285. The van der Waals surface area contributed by atoms with Gasteiger partial charge in [0.15, 0.2) is 0 Å². The number of halogens is 1. The van der Waals surface area contributed by atoms with E-state index in [4.69, 9.17) is 16.3 Å². The van der Waals surface area contributed by atoms with Crippen molar-refractivity contribution < 1.29 is 4.74 Å². The van der Waals surface area contributed by atoms with Crippen LogP contribution in [0.4, 0.5) is 0 Å². The van der Waals surface area contributed by atoms with Crippen LogP contribution in [0, 0.1) is 0 Å². The van der Waals surface area contributed by atoms with E-state index in [1.54, 1.807) is 7.11 Å². The van der Waals surface area contributed by atoms with Gasteiger partial charge in [0.05, 0.1) is 7.11 Å². The number of thiophene rings is 1. The fourth-order valence-electron chi connectivity index (χ4n) is 2.24. The van der Waals surface area contributed by atoms with Crippen LogP contribution in [0.15, 0.2) is 30.3 Å². The average Bonchev–Trinajstić information content (AvgIpc) is 2.93. The van der Waals surface area contributed by atoms with E-state index in [0.717, 1.165) is 29.2 Å². The van der Waals surface area contributed by atoms with Crippen LogP contribution in [0.3, 0.4) is 0 Å². The zero-order valence-electron chi connectivity index (χ0n) is 12.1. The summed E-state index contributed by atoms with van der Waals surface area (Å²) in [5.41, 5.74) is 1.13. The van der Waals surface area contributed by atoms with Gasteiger partial charge in [-0.2, -0.15) is 0 Å². The third-order valence-corrected chi connectivity index (χ3v) is 4.97. The van der Waals surface area contributed by atoms with Crippen molar-refractivity contribution in [1.29, 1.82) is 0 Å². The summed E-state index contributed by atoms with van der Waals surface area (Å²) in [5.74, 6) is 0.891. The molecule has 0 bridgehead atoms. The zero-order valence-corrected chi connectivity index (χ0v) is 13.6. The van der Waals surface area contributed by atoms with Crippen molar-refractivity contribution in [2.45, 2.75) is 25.8 Å². The maximum atomic E-state index is 6.10. The second-order valence-electron chi connectivity index (χ2n) is 4.66. The number of benzene rings is 1. The molecular formula is C16H20ClNOS. The van der Waals surface area contributed by atoms with Gasteiger partial charge in [0.1, 0.15) is 5.75 Å². The van der Waals surface area contributed by atoms with Crippen LogP contribution in [-0.2, 0) is 12.8 Å². The van der Waals surface area contributed by atoms with Crippen molar-refractivity contribution in [2.75, 3.05) is 14.2 Å². The number of nitrogens with one attached hydrogen (secondary N) is 1. The Balaban J connectivity index is 2.23. The molecule has 0 aliphatic carbocycles. The molecule has 0 radical (unpaired) electrons. The fourth-order valence-corrected chi connectivity index (χ4v) is 3.50. The fraction of sp³-hybridized carbons (Fsp3) is 0.375. The predicted molar refractivity (Wildman–Crippen MR) is 87.2 cm³/mol. The maximum Gasteiger partial charge on any atom is 0.122 e. The summed E-state index contributed by atoms with van der Waals surface area (Å²) in [5, 5.41) is 4.13. The third-order valence-electron chi connectivity index (χ3n) is 3.39. The van der Waals surface area contributed by atoms with Gasteiger partial charge in [0.25, 0.3) is 0 Å². The van der Waals surface area contributed by atoms with Gasteiger partial charge >= 0.3 is 0 Å². The first-order chi connectivity index (χ1) is 9.67. The minimum Gasteiger partial charge on any atom is -0.496 e. The molecule has 1 aromatic carbocycles. The zero-order chi connectivity index (χ0) is 14.5. The normalized spacial score (nSPS) is 12.4. The van der Waals surface area contributed by atoms with Gasteiger partial charge in [-0.25, -0.2) is 0 Å². The smallest absolute Gasteiger partial charge is 0.122 e. The Hall–Kier alpha value is -1.03. The molecule has 2 aromatic rings. The lowest BCUT2D eigenvalue weighted by molar-refractivity contribution is 0.406. The van der Waals surface area contributed by atoms with E-state index >= 15 is 0 Å². The van der Waals surface area contributed by atoms with Crippen molar-refractivity contribution in [3.8, 4) is 5.75 Å². The summed E-state index contributed by atoms with van der Waals surface area (Å²) in [4.78, 5) is 2.77. The first kappa shape index (κ1) is 15.4. The Kier molecular flexibility index (Phi) is 5.46. The van der Waals surface area contributed by atoms with E-state index in [1.165, 1.54) is 9.75 Å². The Morgan fingerprint density at radius 3 is 2.70 bits per heavy atom. The van der Waals surface area contributed by atoms with Gasteiger partial charge in [0.2, 0.25) is 0 Å². The molecular weight excluding hydrogens is 290 g/mol. The average molecular weight is 310 g/mol. The Labute approximate surface area is 129 Å². The molecule has 2 nitrogen and oxygen atoms in total. The quantitative estimate of drug-likeness (QED) is 0.849. The molecule has 1 heterocycles. The van der Waals surface area contributed by atoms with Gasteiger partial charge in [-0.3, -0.25) is 0 Å². The van der Waals surface area contributed by atoms with E-state index < -0.39 is 0 Å². The summed E-state index contributed by atoms with van der Waals surface area (Å²) in [6.07, 6.45) is 1.95. The number of hydrogen-bond donors (Lipinski definition) is 1. The lowest BCUT2D eigenvalue weighted by Gasteiger charge is -2.17. The molecule has 0 fully saturated rings. The van der Waals surface area contributed by atoms with Crippen molar-refractivity contribution in [3.63, 3.8) is 0 Å². The van der Waals surface area contributed by atoms with Crippen LogP contribution in [0.1, 0.15) is 28.3 Å². The van der Waals surface area contributed by atoms with Gasteiger partial charge in [-0.05, 0) is 55.8 Å². The summed E-state index contributed by atoms with van der Waals surface area (Å²) in [7, 11) is 3.69. The minimum atomic E-state index is 0.285. The number of methoxy groups -OCH3 is 1. The molecule has 2 rings (SSSR count). The van der Waals surface area contributed by atoms with Crippen molar-refractivity contribution in [3.05, 3.63) is 50.7 Å². The molecule has 4 heteroatoms. The SMILES string of the molecule is CCc1ccc(C(Cc2cc(Cl)ccc2OC)NC)s1. The van der Waals surface area contributed by atoms with Crippen LogP contribution in [0.5, 0.6) is 5.75 Å². The summed E-state index contributed by atoms with van der Waals surface area (Å²) < 4.78 is 5.42. The highest BCUT2D eigenvalue weighted by atomic mass is 35.5. The molecule has 108 valence electrons. The van der Waals surface area contributed by atoms with Crippen molar-refractivity contribution >= 4 is 22.9 Å². The van der Waals surface area contributed by atoms with Crippen LogP contribution >= 0.6 is 22.9 Å². The molecule has 1 unspecified atom stereocenters. The number of ether oxygens (including phenoxy) is 1.